The third-order valence-electron chi connectivity index (χ3n) is 4.72. The summed E-state index contributed by atoms with van der Waals surface area (Å²) in [6.07, 6.45) is -0.0922. The van der Waals surface area contributed by atoms with E-state index in [2.05, 4.69) is 11.0 Å². The molecule has 1 unspecified atom stereocenters. The van der Waals surface area contributed by atoms with E-state index in [0.717, 1.165) is 35.8 Å². The highest BCUT2D eigenvalue weighted by atomic mass is 16.6. The van der Waals surface area contributed by atoms with E-state index in [4.69, 9.17) is 18.9 Å². The van der Waals surface area contributed by atoms with Gasteiger partial charge >= 0.3 is 5.97 Å². The molecule has 2 aromatic carbocycles. The van der Waals surface area contributed by atoms with E-state index in [1.54, 1.807) is 6.92 Å². The van der Waals surface area contributed by atoms with Crippen LogP contribution in [-0.4, -0.2) is 51.6 Å². The Bertz CT molecular complexity index is 777. The van der Waals surface area contributed by atoms with Gasteiger partial charge in [-0.1, -0.05) is 24.3 Å². The van der Waals surface area contributed by atoms with Gasteiger partial charge in [0, 0.05) is 13.0 Å². The average Bonchev–Trinajstić information content (AvgIpc) is 2.75. The molecule has 6 heteroatoms. The maximum Gasteiger partial charge on any atom is 0.335 e. The van der Waals surface area contributed by atoms with Crippen LogP contribution in [0.25, 0.3) is 0 Å². The molecule has 0 aliphatic carbocycles. The Labute approximate surface area is 172 Å². The molecule has 1 atom stereocenters. The zero-order valence-electron chi connectivity index (χ0n) is 17.1. The van der Waals surface area contributed by atoms with Gasteiger partial charge in [-0.3, -0.25) is 0 Å². The Morgan fingerprint density at radius 1 is 1.10 bits per heavy atom. The van der Waals surface area contributed by atoms with Crippen LogP contribution in [0.2, 0.25) is 0 Å². The average molecular weight is 399 g/mol. The Morgan fingerprint density at radius 3 is 2.66 bits per heavy atom. The van der Waals surface area contributed by atoms with Gasteiger partial charge in [-0.2, -0.15) is 0 Å². The quantitative estimate of drug-likeness (QED) is 0.570. The van der Waals surface area contributed by atoms with Crippen molar-refractivity contribution >= 4 is 11.7 Å². The largest absolute Gasteiger partial charge is 0.492 e. The molecule has 3 rings (SSSR count). The first-order chi connectivity index (χ1) is 14.2. The van der Waals surface area contributed by atoms with E-state index in [1.807, 2.05) is 49.4 Å². The highest BCUT2D eigenvalue weighted by Gasteiger charge is 2.20. The number of carbonyl (C=O) groups is 1. The second-order valence-corrected chi connectivity index (χ2v) is 6.70. The number of carbonyl (C=O) groups excluding carboxylic acids is 1. The van der Waals surface area contributed by atoms with Crippen molar-refractivity contribution in [2.45, 2.75) is 26.4 Å². The molecule has 0 radical (unpaired) electrons. The van der Waals surface area contributed by atoms with E-state index in [0.29, 0.717) is 32.8 Å². The molecule has 0 fully saturated rings. The van der Waals surface area contributed by atoms with E-state index in [9.17, 15) is 4.79 Å². The van der Waals surface area contributed by atoms with Gasteiger partial charge in [0.15, 0.2) is 6.10 Å². The maximum absolute atomic E-state index is 12.0. The lowest BCUT2D eigenvalue weighted by Crippen LogP contribution is -2.35. The fourth-order valence-electron chi connectivity index (χ4n) is 3.32. The van der Waals surface area contributed by atoms with E-state index in [-0.39, 0.29) is 5.97 Å². The van der Waals surface area contributed by atoms with Gasteiger partial charge in [0.1, 0.15) is 24.7 Å². The van der Waals surface area contributed by atoms with Crippen molar-refractivity contribution in [3.05, 3.63) is 54.1 Å². The molecule has 0 saturated heterocycles. The minimum atomic E-state index is -0.576. The van der Waals surface area contributed by atoms with Crippen molar-refractivity contribution in [1.29, 1.82) is 0 Å². The molecule has 1 aliphatic rings. The van der Waals surface area contributed by atoms with Crippen molar-refractivity contribution < 1.29 is 23.7 Å². The molecule has 0 amide bonds. The lowest BCUT2D eigenvalue weighted by atomic mass is 10.1. The van der Waals surface area contributed by atoms with Crippen molar-refractivity contribution in [3.8, 4) is 11.5 Å². The zero-order valence-corrected chi connectivity index (χ0v) is 17.1. The molecule has 29 heavy (non-hydrogen) atoms. The lowest BCUT2D eigenvalue weighted by Gasteiger charge is -2.31. The summed E-state index contributed by atoms with van der Waals surface area (Å²) in [5, 5.41) is 0. The van der Waals surface area contributed by atoms with Crippen molar-refractivity contribution in [1.82, 2.24) is 0 Å². The van der Waals surface area contributed by atoms with E-state index >= 15 is 0 Å². The Balaban J connectivity index is 1.50. The van der Waals surface area contributed by atoms with Crippen molar-refractivity contribution in [2.75, 3.05) is 44.4 Å². The summed E-state index contributed by atoms with van der Waals surface area (Å²) < 4.78 is 22.2. The van der Waals surface area contributed by atoms with Gasteiger partial charge in [-0.15, -0.1) is 0 Å². The number of fused-ring (bicyclic) bond motifs is 1. The molecule has 0 aromatic heterocycles. The predicted molar refractivity (Wildman–Crippen MR) is 112 cm³/mol. The molecule has 0 N–H and O–H groups in total. The third-order valence-corrected chi connectivity index (χ3v) is 4.72. The summed E-state index contributed by atoms with van der Waals surface area (Å²) >= 11 is 0. The summed E-state index contributed by atoms with van der Waals surface area (Å²) in [5.74, 6) is 1.41. The molecule has 2 aromatic rings. The topological polar surface area (TPSA) is 57.2 Å². The molecule has 1 aliphatic heterocycles. The van der Waals surface area contributed by atoms with Crippen LogP contribution in [0.1, 0.15) is 19.4 Å². The normalized spacial score (nSPS) is 13.9. The number of ether oxygens (including phenoxy) is 4. The SMILES string of the molecule is CCOC(=O)C(Cc1ccc(OCCN2CCOc3ccccc32)cc1)OCC. The molecule has 0 bridgehead atoms. The first-order valence-electron chi connectivity index (χ1n) is 10.2. The molecular weight excluding hydrogens is 370 g/mol. The molecule has 1 heterocycles. The molecular formula is C23H29NO5. The number of nitrogens with zero attached hydrogens (tertiary/aromatic N) is 1. The summed E-state index contributed by atoms with van der Waals surface area (Å²) in [7, 11) is 0. The van der Waals surface area contributed by atoms with E-state index < -0.39 is 6.10 Å². The number of esters is 1. The van der Waals surface area contributed by atoms with Gasteiger partial charge in [0.2, 0.25) is 0 Å². The standard InChI is InChI=1S/C23H29NO5/c1-3-26-22(23(25)27-4-2)17-18-9-11-19(12-10-18)28-15-13-24-14-16-29-21-8-6-5-7-20(21)24/h5-12,22H,3-4,13-17H2,1-2H3. The summed E-state index contributed by atoms with van der Waals surface area (Å²) in [6.45, 7) is 7.39. The van der Waals surface area contributed by atoms with Crippen LogP contribution in [0, 0.1) is 0 Å². The third kappa shape index (κ3) is 5.87. The van der Waals surface area contributed by atoms with Crippen LogP contribution in [0.3, 0.4) is 0 Å². The predicted octanol–water partition coefficient (Wildman–Crippen LogP) is 3.48. The minimum Gasteiger partial charge on any atom is -0.492 e. The molecule has 6 nitrogen and oxygen atoms in total. The highest BCUT2D eigenvalue weighted by molar-refractivity contribution is 5.75. The summed E-state index contributed by atoms with van der Waals surface area (Å²) in [6, 6.07) is 15.8. The Kier molecular flexibility index (Phi) is 7.76. The van der Waals surface area contributed by atoms with Crippen LogP contribution < -0.4 is 14.4 Å². The first-order valence-corrected chi connectivity index (χ1v) is 10.2. The molecule has 0 saturated carbocycles. The minimum absolute atomic E-state index is 0.319. The number of hydrogen-bond acceptors (Lipinski definition) is 6. The van der Waals surface area contributed by atoms with Gasteiger partial charge in [-0.25, -0.2) is 4.79 Å². The van der Waals surface area contributed by atoms with Gasteiger partial charge in [0.05, 0.1) is 25.4 Å². The lowest BCUT2D eigenvalue weighted by molar-refractivity contribution is -0.156. The van der Waals surface area contributed by atoms with E-state index in [1.165, 1.54) is 0 Å². The monoisotopic (exact) mass is 399 g/mol. The number of anilines is 1. The second kappa shape index (κ2) is 10.7. The Hall–Kier alpha value is -2.73. The fraction of sp³-hybridized carbons (Fsp3) is 0.435. The zero-order chi connectivity index (χ0) is 20.5. The van der Waals surface area contributed by atoms with Gasteiger partial charge < -0.3 is 23.8 Å². The van der Waals surface area contributed by atoms with Crippen LogP contribution in [0.4, 0.5) is 5.69 Å². The van der Waals surface area contributed by atoms with Crippen molar-refractivity contribution in [2.24, 2.45) is 0 Å². The molecule has 0 spiro atoms. The number of rotatable bonds is 10. The first kappa shape index (κ1) is 21.0. The van der Waals surface area contributed by atoms with Crippen molar-refractivity contribution in [3.63, 3.8) is 0 Å². The van der Waals surface area contributed by atoms with Crippen LogP contribution in [0.5, 0.6) is 11.5 Å². The van der Waals surface area contributed by atoms with Crippen LogP contribution >= 0.6 is 0 Å². The summed E-state index contributed by atoms with van der Waals surface area (Å²) in [4.78, 5) is 14.3. The maximum atomic E-state index is 12.0. The van der Waals surface area contributed by atoms with Crippen LogP contribution in [-0.2, 0) is 20.7 Å². The second-order valence-electron chi connectivity index (χ2n) is 6.70. The number of hydrogen-bond donors (Lipinski definition) is 0. The highest BCUT2D eigenvalue weighted by Crippen LogP contribution is 2.30. The molecule has 156 valence electrons. The smallest absolute Gasteiger partial charge is 0.335 e. The fourth-order valence-corrected chi connectivity index (χ4v) is 3.32. The Morgan fingerprint density at radius 2 is 1.90 bits per heavy atom. The summed E-state index contributed by atoms with van der Waals surface area (Å²) in [5.41, 5.74) is 2.12. The van der Waals surface area contributed by atoms with Gasteiger partial charge in [-0.05, 0) is 43.7 Å². The van der Waals surface area contributed by atoms with Gasteiger partial charge in [0.25, 0.3) is 0 Å². The number of para-hydroxylation sites is 2. The van der Waals surface area contributed by atoms with Crippen LogP contribution in [0.15, 0.2) is 48.5 Å². The number of benzene rings is 2.